The van der Waals surface area contributed by atoms with E-state index in [0.717, 1.165) is 10.7 Å². The van der Waals surface area contributed by atoms with Gasteiger partial charge in [-0.3, -0.25) is 10.2 Å². The summed E-state index contributed by atoms with van der Waals surface area (Å²) in [6.07, 6.45) is 0.948. The van der Waals surface area contributed by atoms with Gasteiger partial charge in [0.25, 0.3) is 0 Å². The Hall–Kier alpha value is -1.89. The fraction of sp³-hybridized carbons (Fsp3) is 0. The molecule has 2 rings (SSSR count). The second kappa shape index (κ2) is 8.10. The number of hydrazone groups is 1. The number of carbonyl (C=O) groups is 1. The largest absolute Gasteiger partial charge is 0.411 e. The first-order valence-electron chi connectivity index (χ1n) is 6.27. The Morgan fingerprint density at radius 3 is 2.30 bits per heavy atom. The monoisotopic (exact) mass is 413 g/mol. The van der Waals surface area contributed by atoms with Crippen molar-refractivity contribution in [1.82, 2.24) is 0 Å². The zero-order chi connectivity index (χ0) is 16.8. The molecule has 0 unspecified atom stereocenters. The first kappa shape index (κ1) is 17.5. The predicted octanol–water partition coefficient (Wildman–Crippen LogP) is 4.87. The van der Waals surface area contributed by atoms with Gasteiger partial charge in [0.2, 0.25) is 5.78 Å². The summed E-state index contributed by atoms with van der Waals surface area (Å²) in [5.41, 5.74) is 3.48. The molecule has 2 N–H and O–H groups in total. The van der Waals surface area contributed by atoms with Crippen LogP contribution in [-0.4, -0.2) is 22.9 Å². The normalized spacial score (nSPS) is 11.7. The molecule has 0 aliphatic heterocycles. The highest BCUT2D eigenvalue weighted by molar-refractivity contribution is 9.10. The minimum atomic E-state index is -0.407. The van der Waals surface area contributed by atoms with Gasteiger partial charge in [-0.1, -0.05) is 44.3 Å². The zero-order valence-corrected chi connectivity index (χ0v) is 14.6. The lowest BCUT2D eigenvalue weighted by atomic mass is 10.1. The van der Waals surface area contributed by atoms with Crippen LogP contribution >= 0.6 is 39.1 Å². The van der Waals surface area contributed by atoms with Crippen molar-refractivity contribution in [1.29, 1.82) is 0 Å². The number of Topliss-reactive ketones (excluding diaryl/α,β-unsaturated/α-hetero) is 1. The van der Waals surface area contributed by atoms with E-state index in [9.17, 15) is 4.79 Å². The number of carbonyl (C=O) groups excluding carboxylic acids is 1. The average molecular weight is 415 g/mol. The highest BCUT2D eigenvalue weighted by Gasteiger charge is 2.13. The number of oxime groups is 1. The number of benzene rings is 2. The fourth-order valence-electron chi connectivity index (χ4n) is 1.69. The molecule has 0 saturated carbocycles. The Morgan fingerprint density at radius 2 is 1.74 bits per heavy atom. The van der Waals surface area contributed by atoms with Crippen molar-refractivity contribution < 1.29 is 10.0 Å². The van der Waals surface area contributed by atoms with E-state index < -0.39 is 5.78 Å². The second-order valence-electron chi connectivity index (χ2n) is 4.35. The molecule has 0 atom stereocenters. The highest BCUT2D eigenvalue weighted by Crippen LogP contribution is 2.22. The number of nitrogens with zero attached hydrogens (tertiary/aromatic N) is 2. The Morgan fingerprint density at radius 1 is 1.13 bits per heavy atom. The SMILES string of the molecule is O=C(C(C=NO)=NNc1cc(Cl)cc(Cl)c1)c1ccc(Br)cc1. The lowest BCUT2D eigenvalue weighted by Gasteiger charge is -2.05. The summed E-state index contributed by atoms with van der Waals surface area (Å²) in [6, 6.07) is 11.5. The van der Waals surface area contributed by atoms with E-state index in [-0.39, 0.29) is 5.71 Å². The third-order valence-electron chi connectivity index (χ3n) is 2.69. The third-order valence-corrected chi connectivity index (χ3v) is 3.65. The van der Waals surface area contributed by atoms with Gasteiger partial charge in [-0.2, -0.15) is 5.10 Å². The van der Waals surface area contributed by atoms with Gasteiger partial charge >= 0.3 is 0 Å². The van der Waals surface area contributed by atoms with Crippen molar-refractivity contribution >= 4 is 62.5 Å². The number of rotatable bonds is 5. The summed E-state index contributed by atoms with van der Waals surface area (Å²) >= 11 is 15.1. The summed E-state index contributed by atoms with van der Waals surface area (Å²) in [6.45, 7) is 0. The number of anilines is 1. The lowest BCUT2D eigenvalue weighted by molar-refractivity contribution is 0.106. The van der Waals surface area contributed by atoms with Crippen LogP contribution in [0.2, 0.25) is 10.0 Å². The maximum atomic E-state index is 12.4. The maximum absolute atomic E-state index is 12.4. The number of hydrogen-bond donors (Lipinski definition) is 2. The van der Waals surface area contributed by atoms with Gasteiger partial charge < -0.3 is 5.21 Å². The van der Waals surface area contributed by atoms with E-state index in [1.165, 1.54) is 0 Å². The first-order valence-corrected chi connectivity index (χ1v) is 7.82. The average Bonchev–Trinajstić information content (AvgIpc) is 2.50. The molecule has 0 bridgehead atoms. The van der Waals surface area contributed by atoms with E-state index in [2.05, 4.69) is 31.6 Å². The molecule has 0 aliphatic carbocycles. The molecule has 0 aromatic heterocycles. The second-order valence-corrected chi connectivity index (χ2v) is 6.14. The number of hydrogen-bond acceptors (Lipinski definition) is 5. The van der Waals surface area contributed by atoms with E-state index in [0.29, 0.717) is 21.3 Å². The van der Waals surface area contributed by atoms with Crippen LogP contribution < -0.4 is 5.43 Å². The van der Waals surface area contributed by atoms with Crippen LogP contribution in [0.5, 0.6) is 0 Å². The molecule has 0 fully saturated rings. The van der Waals surface area contributed by atoms with E-state index in [4.69, 9.17) is 28.4 Å². The molecule has 8 heteroatoms. The van der Waals surface area contributed by atoms with Crippen LogP contribution in [0.4, 0.5) is 5.69 Å². The quantitative estimate of drug-likeness (QED) is 0.317. The van der Waals surface area contributed by atoms with Crippen molar-refractivity contribution in [3.05, 3.63) is 62.5 Å². The standard InChI is InChI=1S/C15H10BrCl2N3O2/c16-10-3-1-9(2-4-10)15(22)14(8-19-23)21-20-13-6-11(17)5-12(18)7-13/h1-8,20,23H. The topological polar surface area (TPSA) is 74.0 Å². The third kappa shape index (κ3) is 5.06. The molecule has 23 heavy (non-hydrogen) atoms. The zero-order valence-electron chi connectivity index (χ0n) is 11.5. The van der Waals surface area contributed by atoms with E-state index >= 15 is 0 Å². The van der Waals surface area contributed by atoms with Gasteiger partial charge in [-0.25, -0.2) is 0 Å². The predicted molar refractivity (Wildman–Crippen MR) is 96.3 cm³/mol. The molecule has 0 heterocycles. The van der Waals surface area contributed by atoms with E-state index in [1.54, 1.807) is 42.5 Å². The molecule has 0 radical (unpaired) electrons. The van der Waals surface area contributed by atoms with Crippen molar-refractivity contribution in [3.8, 4) is 0 Å². The minimum absolute atomic E-state index is 0.0779. The van der Waals surface area contributed by atoms with Crippen LogP contribution in [-0.2, 0) is 0 Å². The minimum Gasteiger partial charge on any atom is -0.411 e. The summed E-state index contributed by atoms with van der Waals surface area (Å²) in [7, 11) is 0. The molecular formula is C15H10BrCl2N3O2. The molecule has 118 valence electrons. The number of ketones is 1. The summed E-state index contributed by atoms with van der Waals surface area (Å²) in [4.78, 5) is 12.4. The smallest absolute Gasteiger partial charge is 0.214 e. The molecule has 2 aromatic rings. The van der Waals surface area contributed by atoms with Gasteiger partial charge in [-0.15, -0.1) is 0 Å². The van der Waals surface area contributed by atoms with Gasteiger partial charge in [-0.05, 0) is 42.5 Å². The summed E-state index contributed by atoms with van der Waals surface area (Å²) < 4.78 is 0.843. The summed E-state index contributed by atoms with van der Waals surface area (Å²) in [5, 5.41) is 16.4. The molecule has 0 saturated heterocycles. The Kier molecular flexibility index (Phi) is 6.15. The van der Waals surface area contributed by atoms with Crippen LogP contribution in [0.1, 0.15) is 10.4 Å². The highest BCUT2D eigenvalue weighted by atomic mass is 79.9. The van der Waals surface area contributed by atoms with Crippen LogP contribution in [0.15, 0.2) is 57.2 Å². The Bertz CT molecular complexity index is 757. The number of halogens is 3. The molecule has 5 nitrogen and oxygen atoms in total. The summed E-state index contributed by atoms with van der Waals surface area (Å²) in [5.74, 6) is -0.407. The maximum Gasteiger partial charge on any atom is 0.214 e. The van der Waals surface area contributed by atoms with Crippen molar-refractivity contribution in [2.45, 2.75) is 0 Å². The van der Waals surface area contributed by atoms with Crippen molar-refractivity contribution in [3.63, 3.8) is 0 Å². The molecule has 0 aliphatic rings. The lowest BCUT2D eigenvalue weighted by Crippen LogP contribution is -2.17. The van der Waals surface area contributed by atoms with Gasteiger partial charge in [0.05, 0.1) is 11.9 Å². The van der Waals surface area contributed by atoms with Gasteiger partial charge in [0.15, 0.2) is 5.71 Å². The Balaban J connectivity index is 2.26. The first-order chi connectivity index (χ1) is 11.0. The van der Waals surface area contributed by atoms with E-state index in [1.807, 2.05) is 0 Å². The molecular weight excluding hydrogens is 405 g/mol. The van der Waals surface area contributed by atoms with Crippen LogP contribution in [0.25, 0.3) is 0 Å². The Labute approximate surface area is 150 Å². The number of nitrogens with one attached hydrogen (secondary N) is 1. The molecule has 0 amide bonds. The molecule has 2 aromatic carbocycles. The van der Waals surface area contributed by atoms with Gasteiger partial charge in [0.1, 0.15) is 0 Å². The van der Waals surface area contributed by atoms with Crippen molar-refractivity contribution in [2.75, 3.05) is 5.43 Å². The fourth-order valence-corrected chi connectivity index (χ4v) is 2.48. The van der Waals surface area contributed by atoms with Crippen LogP contribution in [0.3, 0.4) is 0 Å². The van der Waals surface area contributed by atoms with Crippen molar-refractivity contribution in [2.24, 2.45) is 10.3 Å². The van der Waals surface area contributed by atoms with Crippen LogP contribution in [0, 0.1) is 0 Å². The molecule has 0 spiro atoms. The van der Waals surface area contributed by atoms with Gasteiger partial charge in [0, 0.05) is 20.1 Å².